The van der Waals surface area contributed by atoms with Crippen molar-refractivity contribution in [2.45, 2.75) is 10.5 Å². The van der Waals surface area contributed by atoms with E-state index in [-0.39, 0.29) is 11.7 Å². The molecule has 19 heavy (non-hydrogen) atoms. The van der Waals surface area contributed by atoms with Gasteiger partial charge < -0.3 is 11.1 Å². The van der Waals surface area contributed by atoms with Crippen molar-refractivity contribution in [3.63, 3.8) is 0 Å². The molecule has 3 atom stereocenters. The molecule has 0 aromatic heterocycles. The van der Waals surface area contributed by atoms with E-state index in [9.17, 15) is 13.2 Å². The third-order valence-electron chi connectivity index (χ3n) is 4.30. The van der Waals surface area contributed by atoms with Crippen LogP contribution in [0.1, 0.15) is 5.56 Å². The molecule has 2 fully saturated rings. The van der Waals surface area contributed by atoms with Crippen molar-refractivity contribution in [2.24, 2.45) is 17.6 Å². The molecule has 1 amide bonds. The van der Waals surface area contributed by atoms with Gasteiger partial charge >= 0.3 is 0 Å². The molecule has 102 valence electrons. The number of amides is 1. The van der Waals surface area contributed by atoms with E-state index in [2.05, 4.69) is 5.32 Å². The van der Waals surface area contributed by atoms with E-state index in [1.165, 1.54) is 0 Å². The average molecular weight is 280 g/mol. The van der Waals surface area contributed by atoms with Crippen LogP contribution in [0.3, 0.4) is 0 Å². The summed E-state index contributed by atoms with van der Waals surface area (Å²) in [5.41, 5.74) is 6.08. The Morgan fingerprint density at radius 3 is 2.63 bits per heavy atom. The lowest BCUT2D eigenvalue weighted by molar-refractivity contribution is -0.119. The molecule has 1 saturated carbocycles. The zero-order valence-electron chi connectivity index (χ0n) is 10.4. The fourth-order valence-electron chi connectivity index (χ4n) is 3.35. The number of primary amides is 1. The Morgan fingerprint density at radius 1 is 1.37 bits per heavy atom. The van der Waals surface area contributed by atoms with Gasteiger partial charge in [0.25, 0.3) is 0 Å². The maximum Gasteiger partial charge on any atom is 0.222 e. The molecule has 3 N–H and O–H groups in total. The van der Waals surface area contributed by atoms with Crippen LogP contribution in [0.2, 0.25) is 0 Å². The number of hydrogen-bond acceptors (Lipinski definition) is 4. The Hall–Kier alpha value is -1.40. The first-order valence-electron chi connectivity index (χ1n) is 6.25. The van der Waals surface area contributed by atoms with Gasteiger partial charge in [-0.25, -0.2) is 8.42 Å². The topological polar surface area (TPSA) is 89.3 Å². The SMILES string of the molecule is NC(=O)C1C2CNCC21S(=O)(=O)Cc1ccccc1. The summed E-state index contributed by atoms with van der Waals surface area (Å²) in [5, 5.41) is 3.05. The van der Waals surface area contributed by atoms with Crippen molar-refractivity contribution in [2.75, 3.05) is 13.1 Å². The second-order valence-electron chi connectivity index (χ2n) is 5.32. The van der Waals surface area contributed by atoms with Crippen molar-refractivity contribution in [3.05, 3.63) is 35.9 Å². The highest BCUT2D eigenvalue weighted by atomic mass is 32.2. The second kappa shape index (κ2) is 4.05. The molecule has 1 aromatic carbocycles. The van der Waals surface area contributed by atoms with Gasteiger partial charge in [0.2, 0.25) is 5.91 Å². The van der Waals surface area contributed by atoms with Crippen LogP contribution in [0, 0.1) is 11.8 Å². The molecule has 1 aliphatic heterocycles. The molecule has 3 rings (SSSR count). The maximum absolute atomic E-state index is 12.6. The highest BCUT2D eigenvalue weighted by Gasteiger charge is 2.76. The summed E-state index contributed by atoms with van der Waals surface area (Å²) in [4.78, 5) is 11.4. The van der Waals surface area contributed by atoms with E-state index in [1.807, 2.05) is 18.2 Å². The number of carbonyl (C=O) groups excluding carboxylic acids is 1. The van der Waals surface area contributed by atoms with Crippen molar-refractivity contribution in [1.82, 2.24) is 5.32 Å². The smallest absolute Gasteiger partial charge is 0.222 e. The lowest BCUT2D eigenvalue weighted by Crippen LogP contribution is -2.37. The predicted octanol–water partition coefficient (Wildman–Crippen LogP) is -0.325. The van der Waals surface area contributed by atoms with Crippen molar-refractivity contribution in [3.8, 4) is 0 Å². The zero-order valence-corrected chi connectivity index (χ0v) is 11.2. The van der Waals surface area contributed by atoms with Crippen molar-refractivity contribution < 1.29 is 13.2 Å². The lowest BCUT2D eigenvalue weighted by atomic mass is 10.2. The zero-order chi connectivity index (χ0) is 13.7. The fourth-order valence-corrected chi connectivity index (χ4v) is 5.85. The van der Waals surface area contributed by atoms with Crippen molar-refractivity contribution in [1.29, 1.82) is 0 Å². The summed E-state index contributed by atoms with van der Waals surface area (Å²) in [7, 11) is -3.40. The van der Waals surface area contributed by atoms with E-state index >= 15 is 0 Å². The highest BCUT2D eigenvalue weighted by Crippen LogP contribution is 2.58. The largest absolute Gasteiger partial charge is 0.369 e. The molecule has 1 heterocycles. The first-order chi connectivity index (χ1) is 8.99. The van der Waals surface area contributed by atoms with E-state index in [0.717, 1.165) is 5.56 Å². The first kappa shape index (κ1) is 12.6. The quantitative estimate of drug-likeness (QED) is 0.790. The van der Waals surface area contributed by atoms with E-state index in [0.29, 0.717) is 13.1 Å². The van der Waals surface area contributed by atoms with Gasteiger partial charge in [0, 0.05) is 19.0 Å². The fraction of sp³-hybridized carbons (Fsp3) is 0.462. The summed E-state index contributed by atoms with van der Waals surface area (Å²) < 4.78 is 24.3. The third-order valence-corrected chi connectivity index (χ3v) is 6.87. The maximum atomic E-state index is 12.6. The van der Waals surface area contributed by atoms with Crippen LogP contribution in [-0.2, 0) is 20.4 Å². The van der Waals surface area contributed by atoms with E-state index in [1.54, 1.807) is 12.1 Å². The Kier molecular flexibility index (Phi) is 2.69. The van der Waals surface area contributed by atoms with Gasteiger partial charge in [-0.2, -0.15) is 0 Å². The van der Waals surface area contributed by atoms with Gasteiger partial charge in [-0.3, -0.25) is 4.79 Å². The molecule has 1 saturated heterocycles. The van der Waals surface area contributed by atoms with Gasteiger partial charge in [-0.15, -0.1) is 0 Å². The Balaban J connectivity index is 1.91. The summed E-state index contributed by atoms with van der Waals surface area (Å²) in [5.74, 6) is -1.21. The molecular formula is C13H16N2O3S. The molecule has 5 nitrogen and oxygen atoms in total. The summed E-state index contributed by atoms with van der Waals surface area (Å²) in [6, 6.07) is 9.04. The Bertz CT molecular complexity index is 614. The first-order valence-corrected chi connectivity index (χ1v) is 7.90. The molecule has 0 radical (unpaired) electrons. The van der Waals surface area contributed by atoms with Gasteiger partial charge in [-0.05, 0) is 5.56 Å². The number of benzene rings is 1. The number of nitrogens with one attached hydrogen (secondary N) is 1. The van der Waals surface area contributed by atoms with Gasteiger partial charge in [0.15, 0.2) is 9.84 Å². The number of hydrogen-bond donors (Lipinski definition) is 2. The normalized spacial score (nSPS) is 32.8. The summed E-state index contributed by atoms with van der Waals surface area (Å²) in [6.45, 7) is 0.891. The van der Waals surface area contributed by atoms with Crippen LogP contribution in [0.25, 0.3) is 0 Å². The van der Waals surface area contributed by atoms with Crippen LogP contribution < -0.4 is 11.1 Å². The molecule has 0 spiro atoms. The average Bonchev–Trinajstić information content (AvgIpc) is 2.82. The van der Waals surface area contributed by atoms with E-state index in [4.69, 9.17) is 5.73 Å². The molecule has 0 bridgehead atoms. The molecule has 2 aliphatic rings. The van der Waals surface area contributed by atoms with Crippen LogP contribution in [0.5, 0.6) is 0 Å². The minimum absolute atomic E-state index is 0.0319. The Morgan fingerprint density at radius 2 is 2.05 bits per heavy atom. The van der Waals surface area contributed by atoms with Crippen LogP contribution in [-0.4, -0.2) is 32.2 Å². The number of rotatable bonds is 4. The summed E-state index contributed by atoms with van der Waals surface area (Å²) in [6.07, 6.45) is 0. The monoisotopic (exact) mass is 280 g/mol. The summed E-state index contributed by atoms with van der Waals surface area (Å²) >= 11 is 0. The van der Waals surface area contributed by atoms with Crippen LogP contribution in [0.4, 0.5) is 0 Å². The number of nitrogens with two attached hydrogens (primary N) is 1. The van der Waals surface area contributed by atoms with Crippen molar-refractivity contribution >= 4 is 15.7 Å². The van der Waals surface area contributed by atoms with Gasteiger partial charge in [-0.1, -0.05) is 30.3 Å². The molecule has 1 aromatic rings. The number of sulfone groups is 1. The molecular weight excluding hydrogens is 264 g/mol. The minimum Gasteiger partial charge on any atom is -0.369 e. The number of piperidine rings is 1. The standard InChI is InChI=1S/C13H16N2O3S/c14-12(16)11-10-6-15-8-13(10,11)19(17,18)7-9-4-2-1-3-5-9/h1-5,10-11,15H,6-8H2,(H2,14,16). The van der Waals surface area contributed by atoms with E-state index < -0.39 is 26.4 Å². The Labute approximate surface area is 112 Å². The predicted molar refractivity (Wildman–Crippen MR) is 70.8 cm³/mol. The second-order valence-corrected chi connectivity index (χ2v) is 7.60. The van der Waals surface area contributed by atoms with Gasteiger partial charge in [0.05, 0.1) is 11.7 Å². The molecule has 6 heteroatoms. The number of carbonyl (C=O) groups is 1. The van der Waals surface area contributed by atoms with Crippen LogP contribution >= 0.6 is 0 Å². The highest BCUT2D eigenvalue weighted by molar-refractivity contribution is 7.92. The molecule has 1 aliphatic carbocycles. The lowest BCUT2D eigenvalue weighted by Gasteiger charge is -2.15. The number of fused-ring (bicyclic) bond motifs is 1. The third kappa shape index (κ3) is 1.70. The van der Waals surface area contributed by atoms with Crippen LogP contribution in [0.15, 0.2) is 30.3 Å². The molecule has 3 unspecified atom stereocenters. The minimum atomic E-state index is -3.40. The van der Waals surface area contributed by atoms with Gasteiger partial charge in [0.1, 0.15) is 4.75 Å².